The Kier molecular flexibility index (Phi) is 6.22. The Balaban J connectivity index is 1.80. The van der Waals surface area contributed by atoms with Gasteiger partial charge in [-0.2, -0.15) is 0 Å². The first-order valence-electron chi connectivity index (χ1n) is 9.03. The zero-order valence-electron chi connectivity index (χ0n) is 16.0. The number of halogens is 2. The van der Waals surface area contributed by atoms with Gasteiger partial charge in [0.05, 0.1) is 20.4 Å². The molecule has 0 bridgehead atoms. The highest BCUT2D eigenvalue weighted by molar-refractivity contribution is 7.90. The molecule has 1 amide bonds. The second kappa shape index (κ2) is 8.34. The number of hydrogen-bond acceptors (Lipinski definition) is 4. The summed E-state index contributed by atoms with van der Waals surface area (Å²) in [7, 11) is -3.76. The van der Waals surface area contributed by atoms with E-state index in [4.69, 9.17) is 23.2 Å². The normalized spacial score (nSPS) is 14.4. The molecule has 0 unspecified atom stereocenters. The molecule has 0 aliphatic carbocycles. The fourth-order valence-electron chi connectivity index (χ4n) is 2.88. The van der Waals surface area contributed by atoms with E-state index < -0.39 is 15.4 Å². The van der Waals surface area contributed by atoms with E-state index in [1.54, 1.807) is 44.2 Å². The highest BCUT2D eigenvalue weighted by Crippen LogP contribution is 2.31. The Hall–Kier alpha value is -2.09. The van der Waals surface area contributed by atoms with Gasteiger partial charge in [0.25, 0.3) is 10.0 Å². The number of anilines is 1. The molecule has 0 saturated carbocycles. The van der Waals surface area contributed by atoms with Gasteiger partial charge in [-0.25, -0.2) is 8.42 Å². The number of amides is 1. The van der Waals surface area contributed by atoms with Crippen LogP contribution in [0.3, 0.4) is 0 Å². The predicted molar refractivity (Wildman–Crippen MR) is 116 cm³/mol. The molecular formula is C20H21Cl2N3O3S. The van der Waals surface area contributed by atoms with E-state index >= 15 is 0 Å². The number of nitrogens with one attached hydrogen (secondary N) is 2. The van der Waals surface area contributed by atoms with Crippen LogP contribution in [-0.4, -0.2) is 26.7 Å². The van der Waals surface area contributed by atoms with Crippen molar-refractivity contribution in [3.8, 4) is 0 Å². The molecule has 2 aromatic carbocycles. The Morgan fingerprint density at radius 2 is 1.86 bits per heavy atom. The molecule has 154 valence electrons. The summed E-state index contributed by atoms with van der Waals surface area (Å²) in [6, 6.07) is 11.1. The summed E-state index contributed by atoms with van der Waals surface area (Å²) in [4.78, 5) is 17.1. The Morgan fingerprint density at radius 3 is 2.52 bits per heavy atom. The smallest absolute Gasteiger partial charge is 0.262 e. The molecule has 9 heteroatoms. The largest absolute Gasteiger partial charge is 0.325 e. The lowest BCUT2D eigenvalue weighted by Crippen LogP contribution is -2.35. The van der Waals surface area contributed by atoms with E-state index in [0.29, 0.717) is 40.1 Å². The molecular weight excluding hydrogens is 433 g/mol. The molecule has 1 aliphatic rings. The maximum absolute atomic E-state index is 12.9. The lowest BCUT2D eigenvalue weighted by atomic mass is 9.83. The average Bonchev–Trinajstić information content (AvgIpc) is 3.16. The van der Waals surface area contributed by atoms with Crippen LogP contribution >= 0.6 is 23.2 Å². The molecule has 0 radical (unpaired) electrons. The maximum Gasteiger partial charge on any atom is 0.262 e. The molecule has 0 spiro atoms. The molecule has 0 atom stereocenters. The highest BCUT2D eigenvalue weighted by Gasteiger charge is 2.30. The van der Waals surface area contributed by atoms with Gasteiger partial charge in [0.2, 0.25) is 5.91 Å². The van der Waals surface area contributed by atoms with Crippen molar-refractivity contribution in [1.82, 2.24) is 4.72 Å². The third kappa shape index (κ3) is 4.91. The van der Waals surface area contributed by atoms with E-state index in [2.05, 4.69) is 15.0 Å². The average molecular weight is 454 g/mol. The number of rotatable bonds is 5. The van der Waals surface area contributed by atoms with Gasteiger partial charge in [0, 0.05) is 18.7 Å². The number of sulfonamides is 1. The van der Waals surface area contributed by atoms with Crippen molar-refractivity contribution in [3.63, 3.8) is 0 Å². The molecule has 3 rings (SSSR count). The molecule has 0 saturated heterocycles. The zero-order chi connectivity index (χ0) is 21.2. The van der Waals surface area contributed by atoms with Crippen LogP contribution in [0.1, 0.15) is 32.3 Å². The lowest BCUT2D eigenvalue weighted by molar-refractivity contribution is -0.120. The van der Waals surface area contributed by atoms with Crippen molar-refractivity contribution in [3.05, 3.63) is 58.1 Å². The first-order valence-corrected chi connectivity index (χ1v) is 11.3. The van der Waals surface area contributed by atoms with E-state index in [-0.39, 0.29) is 10.8 Å². The quantitative estimate of drug-likeness (QED) is 0.703. The van der Waals surface area contributed by atoms with Gasteiger partial charge in [-0.3, -0.25) is 14.5 Å². The molecule has 29 heavy (non-hydrogen) atoms. The van der Waals surface area contributed by atoms with Crippen molar-refractivity contribution in [2.75, 3.05) is 11.9 Å². The first kappa shape index (κ1) is 21.6. The van der Waals surface area contributed by atoms with Crippen LogP contribution in [0.15, 0.2) is 52.4 Å². The van der Waals surface area contributed by atoms with Gasteiger partial charge in [-0.05, 0) is 56.2 Å². The minimum absolute atomic E-state index is 0.0530. The predicted octanol–water partition coefficient (Wildman–Crippen LogP) is 4.38. The van der Waals surface area contributed by atoms with Gasteiger partial charge in [0.1, 0.15) is 5.84 Å². The summed E-state index contributed by atoms with van der Waals surface area (Å²) in [6.07, 6.45) is 1.44. The Morgan fingerprint density at radius 1 is 1.10 bits per heavy atom. The summed E-state index contributed by atoms with van der Waals surface area (Å²) in [5.74, 6) is 0.152. The number of carbonyl (C=O) groups excluding carboxylic acids is 1. The fraction of sp³-hybridized carbons (Fsp3) is 0.300. The number of carbonyl (C=O) groups is 1. The van der Waals surface area contributed by atoms with Gasteiger partial charge in [-0.15, -0.1) is 0 Å². The van der Waals surface area contributed by atoms with Crippen LogP contribution in [0.4, 0.5) is 5.69 Å². The number of benzene rings is 2. The topological polar surface area (TPSA) is 87.6 Å². The van der Waals surface area contributed by atoms with Gasteiger partial charge < -0.3 is 5.32 Å². The first-order chi connectivity index (χ1) is 13.6. The van der Waals surface area contributed by atoms with Gasteiger partial charge in [0.15, 0.2) is 0 Å². The summed E-state index contributed by atoms with van der Waals surface area (Å²) < 4.78 is 27.7. The highest BCUT2D eigenvalue weighted by atomic mass is 35.5. The second-order valence-electron chi connectivity index (χ2n) is 7.27. The molecule has 0 aromatic heterocycles. The second-order valence-corrected chi connectivity index (χ2v) is 9.77. The molecule has 0 fully saturated rings. The fourth-order valence-corrected chi connectivity index (χ4v) is 4.31. The molecule has 2 aromatic rings. The minimum Gasteiger partial charge on any atom is -0.325 e. The third-order valence-corrected chi connectivity index (χ3v) is 6.86. The van der Waals surface area contributed by atoms with Crippen LogP contribution in [0.25, 0.3) is 0 Å². The Labute approximate surface area is 180 Å². The van der Waals surface area contributed by atoms with E-state index in [9.17, 15) is 13.2 Å². The van der Waals surface area contributed by atoms with Gasteiger partial charge >= 0.3 is 0 Å². The molecule has 6 nitrogen and oxygen atoms in total. The molecule has 1 heterocycles. The summed E-state index contributed by atoms with van der Waals surface area (Å²) in [5, 5.41) is 3.55. The van der Waals surface area contributed by atoms with Crippen molar-refractivity contribution < 1.29 is 13.2 Å². The number of nitrogens with zero attached hydrogens (tertiary/aromatic N) is 1. The summed E-state index contributed by atoms with van der Waals surface area (Å²) in [6.45, 7) is 4.13. The molecule has 2 N–H and O–H groups in total. The monoisotopic (exact) mass is 453 g/mol. The van der Waals surface area contributed by atoms with E-state index in [1.807, 2.05) is 0 Å². The van der Waals surface area contributed by atoms with Crippen molar-refractivity contribution in [1.29, 1.82) is 0 Å². The van der Waals surface area contributed by atoms with Crippen LogP contribution in [-0.2, 0) is 20.2 Å². The van der Waals surface area contributed by atoms with Gasteiger partial charge in [-0.1, -0.05) is 35.3 Å². The van der Waals surface area contributed by atoms with Crippen molar-refractivity contribution in [2.24, 2.45) is 4.99 Å². The third-order valence-electron chi connectivity index (χ3n) is 4.74. The summed E-state index contributed by atoms with van der Waals surface area (Å²) >= 11 is 12.0. The van der Waals surface area contributed by atoms with Crippen LogP contribution in [0.2, 0.25) is 10.0 Å². The SMILES string of the molecule is CC(C)(C(=O)Nc1cccc(S(=O)(=O)NC2=NCCC2)c1)c1ccc(Cl)c(Cl)c1. The standard InChI is InChI=1S/C20H21Cl2N3O3S/c1-20(2,13-8-9-16(21)17(22)11-13)19(26)24-14-5-3-6-15(12-14)29(27,28)25-18-7-4-10-23-18/h3,5-6,8-9,11-12H,4,7,10H2,1-2H3,(H,23,25)(H,24,26). The minimum atomic E-state index is -3.76. The lowest BCUT2D eigenvalue weighted by Gasteiger charge is -2.24. The van der Waals surface area contributed by atoms with E-state index in [1.165, 1.54) is 12.1 Å². The van der Waals surface area contributed by atoms with Crippen molar-refractivity contribution >= 4 is 50.7 Å². The van der Waals surface area contributed by atoms with Crippen molar-refractivity contribution in [2.45, 2.75) is 37.0 Å². The van der Waals surface area contributed by atoms with Crippen LogP contribution < -0.4 is 10.0 Å². The number of hydrogen-bond donors (Lipinski definition) is 2. The van der Waals surface area contributed by atoms with Crippen LogP contribution in [0.5, 0.6) is 0 Å². The number of amidine groups is 1. The Bertz CT molecular complexity index is 1080. The maximum atomic E-state index is 12.9. The summed E-state index contributed by atoms with van der Waals surface area (Å²) in [5.41, 5.74) is 0.147. The van der Waals surface area contributed by atoms with E-state index in [0.717, 1.165) is 6.42 Å². The molecule has 1 aliphatic heterocycles. The zero-order valence-corrected chi connectivity index (χ0v) is 18.3. The van der Waals surface area contributed by atoms with Crippen LogP contribution in [0, 0.1) is 0 Å². The number of aliphatic imine (C=N–C) groups is 1.